The highest BCUT2D eigenvalue weighted by Crippen LogP contribution is 2.27. The summed E-state index contributed by atoms with van der Waals surface area (Å²) in [5, 5.41) is 6.76. The summed E-state index contributed by atoms with van der Waals surface area (Å²) in [4.78, 5) is 0. The summed E-state index contributed by atoms with van der Waals surface area (Å²) in [6.07, 6.45) is 2.87. The molecule has 106 valence electrons. The van der Waals surface area contributed by atoms with Crippen molar-refractivity contribution in [3.63, 3.8) is 0 Å². The fourth-order valence-corrected chi connectivity index (χ4v) is 2.73. The summed E-state index contributed by atoms with van der Waals surface area (Å²) in [5.41, 5.74) is 13.7. The molecule has 0 saturated carbocycles. The summed E-state index contributed by atoms with van der Waals surface area (Å²) < 4.78 is 1.67. The van der Waals surface area contributed by atoms with Crippen LogP contribution in [0.15, 0.2) is 22.7 Å². The van der Waals surface area contributed by atoms with Crippen molar-refractivity contribution in [2.45, 2.75) is 24.6 Å². The first-order valence-corrected chi connectivity index (χ1v) is 7.10. The summed E-state index contributed by atoms with van der Waals surface area (Å²) in [7, 11) is 1.85. The molecule has 2 heterocycles. The van der Waals surface area contributed by atoms with Crippen molar-refractivity contribution in [1.29, 1.82) is 0 Å². The van der Waals surface area contributed by atoms with E-state index in [1.165, 1.54) is 11.3 Å². The Hall–Kier alpha value is -1.20. The van der Waals surface area contributed by atoms with Crippen LogP contribution in [-0.4, -0.2) is 43.5 Å². The molecule has 5 nitrogen and oxygen atoms in total. The Morgan fingerprint density at radius 1 is 1.47 bits per heavy atom. The third-order valence-electron chi connectivity index (χ3n) is 3.52. The molecule has 0 spiro atoms. The van der Waals surface area contributed by atoms with E-state index in [1.807, 2.05) is 7.05 Å². The maximum absolute atomic E-state index is 6.42. The lowest BCUT2D eigenvalue weighted by molar-refractivity contribution is -0.550. The van der Waals surface area contributed by atoms with Crippen LogP contribution in [0.25, 0.3) is 0 Å². The van der Waals surface area contributed by atoms with E-state index in [9.17, 15) is 0 Å². The molecule has 0 aliphatic carbocycles. The molecule has 2 rings (SSSR count). The lowest BCUT2D eigenvalue weighted by atomic mass is 10.0. The largest absolute Gasteiger partial charge is 0.399 e. The molecule has 0 saturated heterocycles. The molecule has 19 heavy (non-hydrogen) atoms. The molecule has 0 aromatic rings. The zero-order chi connectivity index (χ0) is 13.8. The van der Waals surface area contributed by atoms with Crippen LogP contribution in [0.4, 0.5) is 0 Å². The second-order valence-corrected chi connectivity index (χ2v) is 5.62. The number of hydrazine groups is 1. The minimum absolute atomic E-state index is 0.134. The van der Waals surface area contributed by atoms with Gasteiger partial charge in [-0.1, -0.05) is 0 Å². The Morgan fingerprint density at radius 3 is 2.95 bits per heavy atom. The minimum atomic E-state index is -0.134. The molecule has 0 radical (unpaired) electrons. The van der Waals surface area contributed by atoms with E-state index in [1.54, 1.807) is 4.68 Å². The van der Waals surface area contributed by atoms with E-state index in [0.29, 0.717) is 6.54 Å². The zero-order valence-electron chi connectivity index (χ0n) is 11.4. The third-order valence-corrected chi connectivity index (χ3v) is 3.91. The quantitative estimate of drug-likeness (QED) is 0.260. The lowest BCUT2D eigenvalue weighted by Gasteiger charge is -2.15. The Balaban J connectivity index is 2.18. The highest BCUT2D eigenvalue weighted by atomic mass is 35.5. The number of hydrogen-bond donors (Lipinski definition) is 4. The van der Waals surface area contributed by atoms with Crippen LogP contribution >= 0.6 is 11.6 Å². The predicted octanol–water partition coefficient (Wildman–Crippen LogP) is 0.242. The molecule has 1 unspecified atom stereocenters. The van der Waals surface area contributed by atoms with Gasteiger partial charge in [-0.05, 0) is 31.4 Å². The molecule has 5 N–H and O–H groups in total. The molecule has 0 amide bonds. The van der Waals surface area contributed by atoms with Crippen molar-refractivity contribution in [3.05, 3.63) is 22.7 Å². The molecule has 2 aliphatic rings. The number of hydrogen-bond acceptors (Lipinski definition) is 4. The topological polar surface area (TPSA) is 65.1 Å². The second kappa shape index (κ2) is 6.30. The van der Waals surface area contributed by atoms with Gasteiger partial charge in [0.2, 0.25) is 0 Å². The van der Waals surface area contributed by atoms with Gasteiger partial charge in [-0.15, -0.1) is 16.3 Å². The molecule has 2 aliphatic heterocycles. The van der Waals surface area contributed by atoms with Crippen LogP contribution in [0.5, 0.6) is 0 Å². The summed E-state index contributed by atoms with van der Waals surface area (Å²) in [6.45, 7) is 6.38. The van der Waals surface area contributed by atoms with Crippen LogP contribution < -0.4 is 21.8 Å². The number of alkyl halides is 1. The average molecular weight is 285 g/mol. The monoisotopic (exact) mass is 284 g/mol. The van der Waals surface area contributed by atoms with Crippen LogP contribution in [0.2, 0.25) is 0 Å². The smallest absolute Gasteiger partial charge is 0.161 e. The maximum Gasteiger partial charge on any atom is 0.161 e. The van der Waals surface area contributed by atoms with E-state index in [2.05, 4.69) is 22.8 Å². The number of nitrogens with two attached hydrogens (primary N) is 1. The Kier molecular flexibility index (Phi) is 4.71. The Labute approximate surface area is 119 Å². The van der Waals surface area contributed by atoms with E-state index in [0.717, 1.165) is 43.7 Å². The number of halogens is 1. The second-order valence-electron chi connectivity index (χ2n) is 5.10. The van der Waals surface area contributed by atoms with Crippen molar-refractivity contribution in [2.24, 2.45) is 5.73 Å². The van der Waals surface area contributed by atoms with Gasteiger partial charge in [0.1, 0.15) is 6.54 Å². The first kappa shape index (κ1) is 14.2. The molecule has 0 fully saturated rings. The molecule has 0 aromatic heterocycles. The van der Waals surface area contributed by atoms with Gasteiger partial charge in [-0.3, -0.25) is 0 Å². The fraction of sp³-hybridized carbons (Fsp3) is 0.615. The van der Waals surface area contributed by atoms with Gasteiger partial charge in [0.15, 0.2) is 13.8 Å². The molecular weight excluding hydrogens is 262 g/mol. The van der Waals surface area contributed by atoms with Gasteiger partial charge in [0.05, 0.1) is 11.1 Å². The minimum Gasteiger partial charge on any atom is -0.399 e. The summed E-state index contributed by atoms with van der Waals surface area (Å²) >= 11 is 6.42. The molecule has 0 bridgehead atoms. The highest BCUT2D eigenvalue weighted by molar-refractivity contribution is 6.22. The van der Waals surface area contributed by atoms with Gasteiger partial charge in [-0.2, -0.15) is 5.43 Å². The number of hydrazone groups is 1. The fourth-order valence-electron chi connectivity index (χ4n) is 2.41. The Morgan fingerprint density at radius 2 is 2.21 bits per heavy atom. The molecule has 1 atom stereocenters. The number of allylic oxidation sites excluding steroid dienone is 1. The molecule has 6 heteroatoms. The van der Waals surface area contributed by atoms with Gasteiger partial charge in [-0.25, -0.2) is 0 Å². The molecule has 0 aromatic carbocycles. The Bertz CT molecular complexity index is 427. The first-order chi connectivity index (χ1) is 9.08. The van der Waals surface area contributed by atoms with Crippen molar-refractivity contribution >= 4 is 18.3 Å². The molecular formula is C13H23ClN5+. The first-order valence-electron chi connectivity index (χ1n) is 6.67. The van der Waals surface area contributed by atoms with Crippen molar-refractivity contribution in [3.8, 4) is 0 Å². The van der Waals surface area contributed by atoms with Gasteiger partial charge < -0.3 is 16.4 Å². The highest BCUT2D eigenvalue weighted by Gasteiger charge is 2.23. The average Bonchev–Trinajstić information content (AvgIpc) is 2.63. The van der Waals surface area contributed by atoms with Gasteiger partial charge in [0.25, 0.3) is 0 Å². The van der Waals surface area contributed by atoms with E-state index >= 15 is 0 Å². The number of rotatable bonds is 3. The van der Waals surface area contributed by atoms with E-state index in [-0.39, 0.29) is 5.38 Å². The van der Waals surface area contributed by atoms with Crippen LogP contribution in [-0.2, 0) is 0 Å². The number of nitrogens with one attached hydrogen (secondary N) is 3. The van der Waals surface area contributed by atoms with Crippen LogP contribution in [0, 0.1) is 0 Å². The van der Waals surface area contributed by atoms with Crippen molar-refractivity contribution in [1.82, 2.24) is 16.1 Å². The lowest BCUT2D eigenvalue weighted by Crippen LogP contribution is -2.33. The van der Waals surface area contributed by atoms with Gasteiger partial charge >= 0.3 is 0 Å². The van der Waals surface area contributed by atoms with Crippen molar-refractivity contribution in [2.75, 3.05) is 26.7 Å². The van der Waals surface area contributed by atoms with Gasteiger partial charge in [0, 0.05) is 17.9 Å². The third kappa shape index (κ3) is 3.64. The normalized spacial score (nSPS) is 24.2. The summed E-state index contributed by atoms with van der Waals surface area (Å²) in [5.74, 6) is 0. The SMILES string of the molecule is C=[N+](C)NCC1=C(N)C(Cl)CC2=C(CCNCC2)N1. The zero-order valence-corrected chi connectivity index (χ0v) is 12.2. The van der Waals surface area contributed by atoms with Crippen LogP contribution in [0.3, 0.4) is 0 Å². The predicted molar refractivity (Wildman–Crippen MR) is 79.0 cm³/mol. The number of nitrogens with zero attached hydrogens (tertiary/aromatic N) is 1. The van der Waals surface area contributed by atoms with Crippen LogP contribution in [0.1, 0.15) is 19.3 Å². The van der Waals surface area contributed by atoms with E-state index < -0.39 is 0 Å². The van der Waals surface area contributed by atoms with E-state index in [4.69, 9.17) is 17.3 Å². The van der Waals surface area contributed by atoms with Crippen molar-refractivity contribution < 1.29 is 4.68 Å². The standard InChI is InChI=1S/C13H23ClN5/c1-19(2)17-8-12-13(15)10(14)7-9-3-5-16-6-4-11(9)18-12/h10,16-18H,1,3-8,15H2,2H3/q+1. The summed E-state index contributed by atoms with van der Waals surface area (Å²) in [6, 6.07) is 0. The maximum atomic E-state index is 6.42.